The van der Waals surface area contributed by atoms with Crippen LogP contribution in [-0.4, -0.2) is 21.1 Å². The van der Waals surface area contributed by atoms with Crippen molar-refractivity contribution >= 4 is 11.8 Å². The molecule has 3 nitrogen and oxygen atoms in total. The molecule has 1 aromatic rings. The lowest BCUT2D eigenvalue weighted by Crippen LogP contribution is -2.22. The predicted octanol–water partition coefficient (Wildman–Crippen LogP) is 3.04. The highest BCUT2D eigenvalue weighted by atomic mass is 32.2. The zero-order valence-electron chi connectivity index (χ0n) is 11.8. The van der Waals surface area contributed by atoms with Crippen LogP contribution >= 0.6 is 11.8 Å². The number of hydrogen-bond acceptors (Lipinski definition) is 3. The Bertz CT molecular complexity index is 394. The molecule has 4 heteroatoms. The van der Waals surface area contributed by atoms with E-state index in [0.717, 1.165) is 23.8 Å². The second-order valence-corrected chi connectivity index (χ2v) is 6.68. The third-order valence-electron chi connectivity index (χ3n) is 3.86. The van der Waals surface area contributed by atoms with Crippen LogP contribution in [0, 0.1) is 6.92 Å². The van der Waals surface area contributed by atoms with Crippen LogP contribution in [0.1, 0.15) is 50.3 Å². The Hall–Kier alpha value is -0.480. The fraction of sp³-hybridized carbons (Fsp3) is 0.786. The second kappa shape index (κ2) is 6.11. The van der Waals surface area contributed by atoms with Gasteiger partial charge in [0.15, 0.2) is 0 Å². The van der Waals surface area contributed by atoms with E-state index in [0.29, 0.717) is 0 Å². The molecule has 1 unspecified atom stereocenters. The zero-order valence-corrected chi connectivity index (χ0v) is 12.6. The Balaban J connectivity index is 2.16. The molecule has 102 valence electrons. The van der Waals surface area contributed by atoms with Crippen molar-refractivity contribution in [1.29, 1.82) is 0 Å². The van der Waals surface area contributed by atoms with Gasteiger partial charge in [0, 0.05) is 23.9 Å². The summed E-state index contributed by atoms with van der Waals surface area (Å²) in [6.45, 7) is 4.26. The van der Waals surface area contributed by atoms with Gasteiger partial charge in [0.1, 0.15) is 0 Å². The summed E-state index contributed by atoms with van der Waals surface area (Å²) < 4.78 is 2.05. The fourth-order valence-corrected chi connectivity index (χ4v) is 4.09. The zero-order chi connectivity index (χ0) is 13.1. The molecular weight excluding hydrogens is 242 g/mol. The molecule has 0 amide bonds. The number of aromatic nitrogens is 2. The van der Waals surface area contributed by atoms with Gasteiger partial charge >= 0.3 is 0 Å². The van der Waals surface area contributed by atoms with Gasteiger partial charge < -0.3 is 5.73 Å². The van der Waals surface area contributed by atoms with E-state index in [-0.39, 0.29) is 6.04 Å². The van der Waals surface area contributed by atoms with Gasteiger partial charge in [0.25, 0.3) is 0 Å². The normalized spacial score (nSPS) is 18.4. The van der Waals surface area contributed by atoms with E-state index in [9.17, 15) is 0 Å². The maximum absolute atomic E-state index is 6.11. The summed E-state index contributed by atoms with van der Waals surface area (Å²) in [5.41, 5.74) is 8.65. The van der Waals surface area contributed by atoms with Crippen molar-refractivity contribution in [1.82, 2.24) is 9.78 Å². The Morgan fingerprint density at radius 3 is 2.72 bits per heavy atom. The van der Waals surface area contributed by atoms with E-state index in [2.05, 4.69) is 30.7 Å². The van der Waals surface area contributed by atoms with Gasteiger partial charge in [-0.3, -0.25) is 4.68 Å². The molecule has 0 aliphatic heterocycles. The molecule has 0 saturated heterocycles. The minimum atomic E-state index is 0.260. The van der Waals surface area contributed by atoms with Crippen molar-refractivity contribution in [3.05, 3.63) is 11.3 Å². The predicted molar refractivity (Wildman–Crippen MR) is 78.0 cm³/mol. The highest BCUT2D eigenvalue weighted by Crippen LogP contribution is 2.37. The van der Waals surface area contributed by atoms with Crippen molar-refractivity contribution in [2.24, 2.45) is 12.8 Å². The molecule has 0 radical (unpaired) electrons. The van der Waals surface area contributed by atoms with Gasteiger partial charge in [-0.15, -0.1) is 11.8 Å². The standard InChI is InChI=1S/C14H25N3S/c1-4-11(15)9-13-10(2)16-17(3)14(13)18-12-7-5-6-8-12/h11-12H,4-9,15H2,1-3H3. The first-order chi connectivity index (χ1) is 8.61. The first-order valence-corrected chi connectivity index (χ1v) is 7.94. The van der Waals surface area contributed by atoms with E-state index in [1.165, 1.54) is 36.3 Å². The molecule has 2 N–H and O–H groups in total. The average molecular weight is 267 g/mol. The second-order valence-electron chi connectivity index (χ2n) is 5.39. The van der Waals surface area contributed by atoms with Crippen molar-refractivity contribution in [3.8, 4) is 0 Å². The largest absolute Gasteiger partial charge is 0.327 e. The Morgan fingerprint density at radius 1 is 1.44 bits per heavy atom. The fourth-order valence-electron chi connectivity index (χ4n) is 2.63. The minimum absolute atomic E-state index is 0.260. The number of thioether (sulfide) groups is 1. The third kappa shape index (κ3) is 3.09. The summed E-state index contributed by atoms with van der Waals surface area (Å²) >= 11 is 2.02. The van der Waals surface area contributed by atoms with E-state index in [4.69, 9.17) is 5.73 Å². The topological polar surface area (TPSA) is 43.8 Å². The van der Waals surface area contributed by atoms with Crippen LogP contribution in [-0.2, 0) is 13.5 Å². The summed E-state index contributed by atoms with van der Waals surface area (Å²) in [4.78, 5) is 0. The number of hydrogen-bond donors (Lipinski definition) is 1. The van der Waals surface area contributed by atoms with Crippen molar-refractivity contribution in [3.63, 3.8) is 0 Å². The van der Waals surface area contributed by atoms with Crippen LogP contribution in [0.3, 0.4) is 0 Å². The molecule has 0 bridgehead atoms. The van der Waals surface area contributed by atoms with E-state index in [1.807, 2.05) is 11.8 Å². The van der Waals surface area contributed by atoms with Crippen molar-refractivity contribution in [2.45, 2.75) is 68.7 Å². The molecule has 0 spiro atoms. The average Bonchev–Trinajstić information content (AvgIpc) is 2.93. The first kappa shape index (κ1) is 13.9. The number of rotatable bonds is 5. The Morgan fingerprint density at radius 2 is 2.11 bits per heavy atom. The minimum Gasteiger partial charge on any atom is -0.327 e. The van der Waals surface area contributed by atoms with Crippen LogP contribution in [0.15, 0.2) is 5.03 Å². The lowest BCUT2D eigenvalue weighted by Gasteiger charge is -2.13. The van der Waals surface area contributed by atoms with Crippen LogP contribution in [0.25, 0.3) is 0 Å². The molecule has 1 aromatic heterocycles. The third-order valence-corrected chi connectivity index (χ3v) is 5.40. The first-order valence-electron chi connectivity index (χ1n) is 7.06. The van der Waals surface area contributed by atoms with Gasteiger partial charge in [-0.05, 0) is 32.6 Å². The van der Waals surface area contributed by atoms with E-state index in [1.54, 1.807) is 0 Å². The highest BCUT2D eigenvalue weighted by molar-refractivity contribution is 7.99. The van der Waals surface area contributed by atoms with Crippen molar-refractivity contribution < 1.29 is 0 Å². The number of aryl methyl sites for hydroxylation is 2. The van der Waals surface area contributed by atoms with Crippen LogP contribution in [0.2, 0.25) is 0 Å². The Kier molecular flexibility index (Phi) is 4.73. The summed E-state index contributed by atoms with van der Waals surface area (Å²) in [5.74, 6) is 0. The number of nitrogens with zero attached hydrogens (tertiary/aromatic N) is 2. The maximum Gasteiger partial charge on any atom is 0.0974 e. The van der Waals surface area contributed by atoms with E-state index < -0.39 is 0 Å². The molecule has 2 rings (SSSR count). The SMILES string of the molecule is CCC(N)Cc1c(C)nn(C)c1SC1CCCC1. The van der Waals surface area contributed by atoms with Gasteiger partial charge in [-0.1, -0.05) is 19.8 Å². The maximum atomic E-state index is 6.11. The summed E-state index contributed by atoms with van der Waals surface area (Å²) in [6.07, 6.45) is 7.48. The van der Waals surface area contributed by atoms with Gasteiger partial charge in [-0.25, -0.2) is 0 Å². The van der Waals surface area contributed by atoms with E-state index >= 15 is 0 Å². The molecule has 1 saturated carbocycles. The van der Waals surface area contributed by atoms with Crippen LogP contribution < -0.4 is 5.73 Å². The van der Waals surface area contributed by atoms with Gasteiger partial charge in [0.05, 0.1) is 10.7 Å². The monoisotopic (exact) mass is 267 g/mol. The quantitative estimate of drug-likeness (QED) is 0.891. The van der Waals surface area contributed by atoms with Crippen molar-refractivity contribution in [2.75, 3.05) is 0 Å². The molecule has 1 heterocycles. The Labute approximate surface area is 115 Å². The lowest BCUT2D eigenvalue weighted by atomic mass is 10.1. The lowest BCUT2D eigenvalue weighted by molar-refractivity contribution is 0.630. The van der Waals surface area contributed by atoms with Crippen LogP contribution in [0.4, 0.5) is 0 Å². The summed E-state index contributed by atoms with van der Waals surface area (Å²) in [5, 5.41) is 6.72. The number of nitrogens with two attached hydrogens (primary N) is 1. The molecular formula is C14H25N3S. The molecule has 1 fully saturated rings. The summed E-state index contributed by atoms with van der Waals surface area (Å²) in [7, 11) is 2.06. The molecule has 0 aromatic carbocycles. The smallest absolute Gasteiger partial charge is 0.0974 e. The van der Waals surface area contributed by atoms with Crippen LogP contribution in [0.5, 0.6) is 0 Å². The molecule has 18 heavy (non-hydrogen) atoms. The molecule has 1 aliphatic rings. The molecule has 1 atom stereocenters. The van der Waals surface area contributed by atoms with Gasteiger partial charge in [-0.2, -0.15) is 5.10 Å². The summed E-state index contributed by atoms with van der Waals surface area (Å²) in [6, 6.07) is 0.260. The molecule has 1 aliphatic carbocycles. The highest BCUT2D eigenvalue weighted by Gasteiger charge is 2.22. The van der Waals surface area contributed by atoms with Gasteiger partial charge in [0.2, 0.25) is 0 Å².